The average Bonchev–Trinajstić information content (AvgIpc) is 3.86. The van der Waals surface area contributed by atoms with Crippen molar-refractivity contribution in [1.82, 2.24) is 34.6 Å². The number of carbonyl (C=O) groups excluding carboxylic acids is 3. The van der Waals surface area contributed by atoms with Crippen LogP contribution in [0.1, 0.15) is 84.9 Å². The molecule has 0 spiro atoms. The molecule has 54 heavy (non-hydrogen) atoms. The van der Waals surface area contributed by atoms with Crippen LogP contribution in [0.4, 0.5) is 17.3 Å². The Hall–Kier alpha value is -4.81. The van der Waals surface area contributed by atoms with Crippen LogP contribution in [0.25, 0.3) is 11.0 Å². The molecule has 5 heterocycles. The minimum Gasteiger partial charge on any atom is -0.369 e. The van der Waals surface area contributed by atoms with E-state index in [1.165, 1.54) is 36.9 Å². The Morgan fingerprint density at radius 2 is 1.65 bits per heavy atom. The lowest BCUT2D eigenvalue weighted by atomic mass is 9.89. The molecule has 4 aliphatic rings. The van der Waals surface area contributed by atoms with Crippen LogP contribution in [-0.4, -0.2) is 113 Å². The van der Waals surface area contributed by atoms with Crippen LogP contribution in [0, 0.1) is 0 Å². The molecule has 0 radical (unpaired) electrons. The number of amides is 3. The number of nitrogens with zero attached hydrogens (tertiary/aromatic N) is 7. The zero-order valence-electron chi connectivity index (χ0n) is 31.7. The molecule has 1 saturated carbocycles. The number of imide groups is 1. The van der Waals surface area contributed by atoms with Gasteiger partial charge >= 0.3 is 0 Å². The summed E-state index contributed by atoms with van der Waals surface area (Å²) in [4.78, 5) is 56.0. The second kappa shape index (κ2) is 15.9. The third-order valence-electron chi connectivity index (χ3n) is 12.1. The fourth-order valence-corrected chi connectivity index (χ4v) is 9.00. The van der Waals surface area contributed by atoms with E-state index in [0.29, 0.717) is 30.5 Å². The summed E-state index contributed by atoms with van der Waals surface area (Å²) < 4.78 is 2.15. The summed E-state index contributed by atoms with van der Waals surface area (Å²) >= 11 is 0. The van der Waals surface area contributed by atoms with Crippen molar-refractivity contribution >= 4 is 46.1 Å². The van der Waals surface area contributed by atoms with Gasteiger partial charge in [0, 0.05) is 88.3 Å². The minimum absolute atomic E-state index is 0.00326. The normalized spacial score (nSPS) is 20.8. The van der Waals surface area contributed by atoms with E-state index < -0.39 is 0 Å². The number of anilines is 3. The van der Waals surface area contributed by atoms with Crippen LogP contribution in [0.3, 0.4) is 0 Å². The molecule has 2 N–H and O–H groups in total. The van der Waals surface area contributed by atoms with Gasteiger partial charge in [-0.15, -0.1) is 0 Å². The highest BCUT2D eigenvalue weighted by Gasteiger charge is 2.30. The molecule has 4 fully saturated rings. The fourth-order valence-electron chi connectivity index (χ4n) is 9.00. The largest absolute Gasteiger partial charge is 0.369 e. The van der Waals surface area contributed by atoms with Crippen molar-refractivity contribution in [3.05, 3.63) is 77.6 Å². The quantitative estimate of drug-likeness (QED) is 0.209. The molecule has 3 amide bonds. The Balaban J connectivity index is 0.809. The van der Waals surface area contributed by atoms with Crippen LogP contribution in [0.2, 0.25) is 0 Å². The topological polar surface area (TPSA) is 119 Å². The Bertz CT molecular complexity index is 1970. The van der Waals surface area contributed by atoms with Gasteiger partial charge < -0.3 is 24.6 Å². The van der Waals surface area contributed by atoms with Crippen molar-refractivity contribution in [2.24, 2.45) is 0 Å². The van der Waals surface area contributed by atoms with Crippen LogP contribution in [0.15, 0.2) is 60.8 Å². The number of hydrogen-bond donors (Lipinski definition) is 2. The van der Waals surface area contributed by atoms with Gasteiger partial charge in [-0.25, -0.2) is 4.98 Å². The van der Waals surface area contributed by atoms with E-state index in [2.05, 4.69) is 71.3 Å². The van der Waals surface area contributed by atoms with Gasteiger partial charge in [-0.05, 0) is 93.1 Å². The van der Waals surface area contributed by atoms with E-state index >= 15 is 0 Å². The number of carbonyl (C=O) groups is 3. The van der Waals surface area contributed by atoms with Crippen LogP contribution in [-0.2, 0) is 16.0 Å². The highest BCUT2D eigenvalue weighted by atomic mass is 16.2. The molecule has 1 aliphatic carbocycles. The smallest absolute Gasteiger partial charge is 0.270 e. The maximum Gasteiger partial charge on any atom is 0.270 e. The fraction of sp³-hybridized carbons (Fsp3) is 0.500. The van der Waals surface area contributed by atoms with Crippen LogP contribution >= 0.6 is 0 Å². The van der Waals surface area contributed by atoms with Crippen molar-refractivity contribution in [3.8, 4) is 0 Å². The summed E-state index contributed by atoms with van der Waals surface area (Å²) in [6.07, 6.45) is 10.7. The molecule has 3 saturated heterocycles. The zero-order chi connectivity index (χ0) is 37.2. The van der Waals surface area contributed by atoms with E-state index in [4.69, 9.17) is 4.98 Å². The molecule has 0 bridgehead atoms. The number of rotatable bonds is 10. The average molecular weight is 732 g/mol. The van der Waals surface area contributed by atoms with E-state index in [0.717, 1.165) is 87.4 Å². The van der Waals surface area contributed by atoms with E-state index in [1.807, 2.05) is 24.4 Å². The molecule has 284 valence electrons. The van der Waals surface area contributed by atoms with Gasteiger partial charge in [-0.2, -0.15) is 4.98 Å². The third kappa shape index (κ3) is 7.86. The lowest BCUT2D eigenvalue weighted by Crippen LogP contribution is -2.53. The first-order valence-corrected chi connectivity index (χ1v) is 19.9. The van der Waals surface area contributed by atoms with Gasteiger partial charge in [-0.3, -0.25) is 24.6 Å². The maximum atomic E-state index is 13.1. The zero-order valence-corrected chi connectivity index (χ0v) is 31.7. The lowest BCUT2D eigenvalue weighted by molar-refractivity contribution is -0.134. The summed E-state index contributed by atoms with van der Waals surface area (Å²) in [6, 6.07) is 19.8. The number of hydrogen-bond acceptors (Lipinski definition) is 9. The van der Waals surface area contributed by atoms with Crippen molar-refractivity contribution in [3.63, 3.8) is 0 Å². The predicted octanol–water partition coefficient (Wildman–Crippen LogP) is 5.34. The third-order valence-corrected chi connectivity index (χ3v) is 12.1. The Kier molecular flexibility index (Phi) is 10.6. The van der Waals surface area contributed by atoms with Gasteiger partial charge in [0.2, 0.25) is 17.8 Å². The van der Waals surface area contributed by atoms with Crippen molar-refractivity contribution in [1.29, 1.82) is 0 Å². The molecule has 3 aliphatic heterocycles. The van der Waals surface area contributed by atoms with Crippen molar-refractivity contribution in [2.75, 3.05) is 70.1 Å². The number of likely N-dealkylation sites (tertiary alicyclic amines) is 1. The summed E-state index contributed by atoms with van der Waals surface area (Å²) in [6.45, 7) is 7.44. The first-order chi connectivity index (χ1) is 26.3. The summed E-state index contributed by atoms with van der Waals surface area (Å²) in [5.74, 6) is -0.0289. The Morgan fingerprint density at radius 3 is 2.37 bits per heavy atom. The highest BCUT2D eigenvalue weighted by Crippen LogP contribution is 2.35. The van der Waals surface area contributed by atoms with Gasteiger partial charge in [0.25, 0.3) is 5.91 Å². The van der Waals surface area contributed by atoms with Gasteiger partial charge in [-0.1, -0.05) is 37.1 Å². The summed E-state index contributed by atoms with van der Waals surface area (Å²) in [5.41, 5.74) is 5.95. The molecule has 8 rings (SSSR count). The van der Waals surface area contributed by atoms with Gasteiger partial charge in [0.05, 0.1) is 5.92 Å². The summed E-state index contributed by atoms with van der Waals surface area (Å²) in [7, 11) is 3.59. The lowest BCUT2D eigenvalue weighted by Gasteiger charge is -2.43. The van der Waals surface area contributed by atoms with Crippen LogP contribution < -0.4 is 15.5 Å². The van der Waals surface area contributed by atoms with Gasteiger partial charge in [0.15, 0.2) is 0 Å². The molecule has 2 aromatic carbocycles. The molecule has 12 heteroatoms. The SMILES string of the molecule is CN(C)C(=O)c1cc2cnc(Nc3ccc(N4CCN(C5CCN(CCc6cccc(C7CCC(=O)NC7=O)c6)CC5)CC4)cc3)nc2n1C1CCCC1. The number of aromatic nitrogens is 3. The number of benzene rings is 2. The predicted molar refractivity (Wildman–Crippen MR) is 211 cm³/mol. The van der Waals surface area contributed by atoms with Crippen molar-refractivity contribution in [2.45, 2.75) is 75.8 Å². The minimum atomic E-state index is -0.227. The number of piperidine rings is 2. The molecular weight excluding hydrogens is 679 g/mol. The molecule has 12 nitrogen and oxygen atoms in total. The first kappa shape index (κ1) is 36.2. The number of piperazine rings is 1. The second-order valence-electron chi connectivity index (χ2n) is 15.8. The molecular formula is C42H53N9O3. The van der Waals surface area contributed by atoms with E-state index in [1.54, 1.807) is 19.0 Å². The van der Waals surface area contributed by atoms with E-state index in [9.17, 15) is 14.4 Å². The second-order valence-corrected chi connectivity index (χ2v) is 15.8. The molecule has 2 aromatic heterocycles. The molecule has 4 aromatic rings. The highest BCUT2D eigenvalue weighted by molar-refractivity contribution is 6.01. The van der Waals surface area contributed by atoms with Crippen molar-refractivity contribution < 1.29 is 14.4 Å². The number of fused-ring (bicyclic) bond motifs is 1. The molecule has 1 unspecified atom stereocenters. The maximum absolute atomic E-state index is 13.1. The Labute approximate surface area is 317 Å². The number of nitrogens with one attached hydrogen (secondary N) is 2. The monoisotopic (exact) mass is 731 g/mol. The first-order valence-electron chi connectivity index (χ1n) is 19.9. The van der Waals surface area contributed by atoms with Crippen LogP contribution in [0.5, 0.6) is 0 Å². The van der Waals surface area contributed by atoms with Gasteiger partial charge in [0.1, 0.15) is 11.3 Å². The Morgan fingerprint density at radius 1 is 0.889 bits per heavy atom. The standard InChI is InChI=1S/C42H53N9O3/c1-47(2)41(54)37-27-31-28-43-42(46-39(31)51(37)35-8-3-4-9-35)44-32-10-12-33(13-11-32)49-22-24-50(25-23-49)34-17-20-48(21-18-34)19-16-29-6-5-7-30(26-29)36-14-15-38(52)45-40(36)53/h5-7,10-13,26-28,34-36H,3-4,8-9,14-25H2,1-2H3,(H,43,44,46)(H,45,52,53). The molecule has 1 atom stereocenters. The van der Waals surface area contributed by atoms with E-state index in [-0.39, 0.29) is 29.7 Å². The summed E-state index contributed by atoms with van der Waals surface area (Å²) in [5, 5.41) is 6.79.